The second-order valence-electron chi connectivity index (χ2n) is 8.61. The van der Waals surface area contributed by atoms with Gasteiger partial charge in [0.25, 0.3) is 0 Å². The van der Waals surface area contributed by atoms with Crippen molar-refractivity contribution in [2.45, 2.75) is 76.1 Å². The topological polar surface area (TPSA) is 63.2 Å². The van der Waals surface area contributed by atoms with Crippen molar-refractivity contribution in [3.8, 4) is 0 Å². The van der Waals surface area contributed by atoms with E-state index in [2.05, 4.69) is 52.4 Å². The van der Waals surface area contributed by atoms with E-state index in [1.165, 1.54) is 13.0 Å². The molecule has 0 bridgehead atoms. The standard InChI is InChI=1S/C17H36BO6P2Si.CH3Cl.CH3F.CH3.Ni.Y/c1-10-11-20-26(7,19)21-12-17(5)14(23-25-6)13(15(18)22-17)24-27(8,9)16(2,3)4;2*1-2;;;/h13-15,25H,5,10-12H2,1-4,6-9H3;2*1H3;1H3;;/q-1;;;-1;;/t13?,14-,15-,17-,26?;;;;;/m1...../s1. The molecule has 0 spiro atoms. The molecule has 1 saturated heterocycles. The molecule has 6 nitrogen and oxygen atoms in total. The van der Waals surface area contributed by atoms with Gasteiger partial charge in [-0.3, -0.25) is 8.96 Å². The molecule has 1 aliphatic rings. The number of rotatable bonds is 10. The van der Waals surface area contributed by atoms with Gasteiger partial charge in [0, 0.05) is 77.1 Å². The monoisotopic (exact) mass is 683 g/mol. The van der Waals surface area contributed by atoms with Crippen molar-refractivity contribution in [1.82, 2.24) is 0 Å². The summed E-state index contributed by atoms with van der Waals surface area (Å²) in [5, 5.41) is 0.0157. The van der Waals surface area contributed by atoms with Gasteiger partial charge in [0.2, 0.25) is 0 Å². The van der Waals surface area contributed by atoms with Gasteiger partial charge < -0.3 is 37.1 Å². The molecule has 0 amide bonds. The second-order valence-corrected chi connectivity index (χ2v) is 16.1. The maximum absolute atomic E-state index is 12.4. The molecule has 0 aromatic heterocycles. The summed E-state index contributed by atoms with van der Waals surface area (Å²) in [6.45, 7) is 20.6. The maximum atomic E-state index is 12.4. The Morgan fingerprint density at radius 3 is 2.12 bits per heavy atom. The quantitative estimate of drug-likeness (QED) is 0.118. The molecule has 1 aliphatic heterocycles. The first-order chi connectivity index (χ1) is 14.2. The summed E-state index contributed by atoms with van der Waals surface area (Å²) < 4.78 is 51.2. The van der Waals surface area contributed by atoms with Gasteiger partial charge >= 0.3 is 7.60 Å². The van der Waals surface area contributed by atoms with Crippen molar-refractivity contribution in [2.75, 3.05) is 40.1 Å². The van der Waals surface area contributed by atoms with Gasteiger partial charge in [0.15, 0.2) is 8.32 Å². The fourth-order valence-corrected chi connectivity index (χ4v) is 5.40. The summed E-state index contributed by atoms with van der Waals surface area (Å²) in [6.07, 6.45) is 1.24. The zero-order chi connectivity index (χ0) is 25.1. The Morgan fingerprint density at radius 2 is 1.74 bits per heavy atom. The Balaban J connectivity index is -0.000000379. The molecule has 3 unspecified atom stereocenters. The Morgan fingerprint density at radius 1 is 1.26 bits per heavy atom. The first kappa shape index (κ1) is 46.4. The van der Waals surface area contributed by atoms with E-state index in [0.29, 0.717) is 13.8 Å². The van der Waals surface area contributed by atoms with E-state index in [1.54, 1.807) is 0 Å². The van der Waals surface area contributed by atoms with Crippen LogP contribution in [0.5, 0.6) is 0 Å². The summed E-state index contributed by atoms with van der Waals surface area (Å²) in [7, 11) is 1.64. The van der Waals surface area contributed by atoms with Crippen LogP contribution in [0.1, 0.15) is 34.1 Å². The van der Waals surface area contributed by atoms with E-state index in [9.17, 15) is 8.96 Å². The van der Waals surface area contributed by atoms with E-state index in [-0.39, 0.29) is 77.1 Å². The van der Waals surface area contributed by atoms with Crippen molar-refractivity contribution in [3.63, 3.8) is 0 Å². The third-order valence-electron chi connectivity index (χ3n) is 5.07. The molecule has 1 fully saturated rings. The molecule has 34 heavy (non-hydrogen) atoms. The maximum Gasteiger partial charge on any atom is 0.327 e. The van der Waals surface area contributed by atoms with Crippen LogP contribution in [0.25, 0.3) is 0 Å². The Bertz CT molecular complexity index is 558. The van der Waals surface area contributed by atoms with Crippen LogP contribution in [-0.2, 0) is 76.5 Å². The van der Waals surface area contributed by atoms with Gasteiger partial charge in [-0.05, 0) is 36.8 Å². The molecule has 0 N–H and O–H groups in total. The summed E-state index contributed by atoms with van der Waals surface area (Å²) in [5.41, 5.74) is -1.11. The summed E-state index contributed by atoms with van der Waals surface area (Å²) >= 11 is 4.64. The minimum atomic E-state index is -3.20. The van der Waals surface area contributed by atoms with Crippen LogP contribution in [0.15, 0.2) is 0 Å². The molecule has 1 heterocycles. The Kier molecular flexibility index (Phi) is 29.2. The Hall–Kier alpha value is 2.56. The second kappa shape index (κ2) is 21.4. The predicted molar refractivity (Wildman–Crippen MR) is 141 cm³/mol. The fourth-order valence-electron chi connectivity index (χ4n) is 2.46. The first-order valence-corrected chi connectivity index (χ1v) is 17.2. The first-order valence-electron chi connectivity index (χ1n) is 10.1. The van der Waals surface area contributed by atoms with Crippen molar-refractivity contribution in [3.05, 3.63) is 14.4 Å². The van der Waals surface area contributed by atoms with Gasteiger partial charge in [-0.1, -0.05) is 27.7 Å². The van der Waals surface area contributed by atoms with Crippen LogP contribution < -0.4 is 0 Å². The zero-order valence-electron chi connectivity index (χ0n) is 22.7. The minimum Gasteiger partial charge on any atom is -0.409 e. The summed E-state index contributed by atoms with van der Waals surface area (Å²) in [5.74, 6) is 0. The third kappa shape index (κ3) is 15.2. The molecule has 14 heteroatoms. The Labute approximate surface area is 253 Å². The SMILES string of the molecule is CCl.CF.[B][C@@H]1O[C@]([CH2-])(COP(C)(=O)OCCC)[C@H](OPC)C1O[Si](C)(C)C(C)(C)C.[CH3-].[Ni].[Y]. The van der Waals surface area contributed by atoms with E-state index < -0.39 is 39.7 Å². The third-order valence-corrected chi connectivity index (χ3v) is 11.3. The average molecular weight is 684 g/mol. The van der Waals surface area contributed by atoms with Gasteiger partial charge in [0.05, 0.1) is 32.6 Å². The van der Waals surface area contributed by atoms with E-state index in [1.807, 2.05) is 13.6 Å². The van der Waals surface area contributed by atoms with Crippen LogP contribution in [0.3, 0.4) is 0 Å². The molecule has 0 aromatic carbocycles. The number of hydrogen-bond acceptors (Lipinski definition) is 6. The van der Waals surface area contributed by atoms with Crippen molar-refractivity contribution in [2.24, 2.45) is 0 Å². The number of halogens is 2. The summed E-state index contributed by atoms with van der Waals surface area (Å²) in [4.78, 5) is 0. The minimum absolute atomic E-state index is 0. The largest absolute Gasteiger partial charge is 0.409 e. The molecular weight excluding hydrogens is 639 g/mol. The number of hydrogen-bond donors (Lipinski definition) is 0. The molecule has 3 radical (unpaired) electrons. The van der Waals surface area contributed by atoms with Gasteiger partial charge in [0.1, 0.15) is 7.85 Å². The van der Waals surface area contributed by atoms with Crippen LogP contribution >= 0.6 is 28.0 Å². The van der Waals surface area contributed by atoms with E-state index in [0.717, 1.165) is 6.42 Å². The van der Waals surface area contributed by atoms with Gasteiger partial charge in [-0.2, -0.15) is 0 Å². The summed E-state index contributed by atoms with van der Waals surface area (Å²) in [6, 6.07) is -0.700. The number of alkyl halides is 2. The zero-order valence-corrected chi connectivity index (χ0v) is 30.2. The van der Waals surface area contributed by atoms with Crippen molar-refractivity contribution in [1.29, 1.82) is 0 Å². The molecule has 0 saturated carbocycles. The smallest absolute Gasteiger partial charge is 0.327 e. The molecule has 0 aliphatic carbocycles. The predicted octanol–water partition coefficient (Wildman–Crippen LogP) is 6.24. The molecule has 0 aromatic rings. The van der Waals surface area contributed by atoms with Crippen molar-refractivity contribution < 1.29 is 80.9 Å². The average Bonchev–Trinajstić information content (AvgIpc) is 2.92. The molecule has 1 rings (SSSR count). The van der Waals surface area contributed by atoms with Crippen LogP contribution in [0.4, 0.5) is 4.39 Å². The van der Waals surface area contributed by atoms with Gasteiger partial charge in [-0.25, -0.2) is 0 Å². The van der Waals surface area contributed by atoms with Crippen molar-refractivity contribution >= 4 is 44.2 Å². The number of ether oxygens (including phenoxy) is 1. The van der Waals surface area contributed by atoms with Crippen LogP contribution in [-0.4, -0.2) is 80.1 Å². The van der Waals surface area contributed by atoms with E-state index in [4.69, 9.17) is 30.6 Å². The van der Waals surface area contributed by atoms with Crippen LogP contribution in [0, 0.1) is 14.4 Å². The molecular formula is C20H45BClFNiO6P2SiY-2. The van der Waals surface area contributed by atoms with E-state index >= 15 is 0 Å². The van der Waals surface area contributed by atoms with Gasteiger partial charge in [-0.15, -0.1) is 11.6 Å². The molecule has 6 atom stereocenters. The van der Waals surface area contributed by atoms with Crippen LogP contribution in [0.2, 0.25) is 18.1 Å². The fraction of sp³-hybridized carbons (Fsp3) is 0.900. The molecule has 207 valence electrons. The normalized spacial score (nSPS) is 26.0.